The van der Waals surface area contributed by atoms with E-state index in [0.29, 0.717) is 0 Å². The molecule has 0 spiro atoms. The molecule has 1 aromatic carbocycles. The van der Waals surface area contributed by atoms with E-state index >= 15 is 0 Å². The normalized spacial score (nSPS) is 14.9. The van der Waals surface area contributed by atoms with Crippen molar-refractivity contribution in [2.24, 2.45) is 0 Å². The second-order valence-corrected chi connectivity index (χ2v) is 6.19. The lowest BCUT2D eigenvalue weighted by atomic mass is 10.2. The molecule has 1 aromatic heterocycles. The molecule has 1 saturated heterocycles. The van der Waals surface area contributed by atoms with Gasteiger partial charge in [0.05, 0.1) is 5.01 Å². The maximum atomic E-state index is 4.29. The molecule has 20 heavy (non-hydrogen) atoms. The molecule has 3 rings (SSSR count). The van der Waals surface area contributed by atoms with E-state index in [1.54, 1.807) is 11.3 Å². The van der Waals surface area contributed by atoms with E-state index in [9.17, 15) is 0 Å². The predicted octanol–water partition coefficient (Wildman–Crippen LogP) is 3.08. The summed E-state index contributed by atoms with van der Waals surface area (Å²) in [4.78, 5) is 6.76. The number of benzene rings is 1. The van der Waals surface area contributed by atoms with Gasteiger partial charge in [-0.25, -0.2) is 4.98 Å². The molecule has 0 amide bonds. The van der Waals surface area contributed by atoms with Crippen molar-refractivity contribution in [3.05, 3.63) is 46.4 Å². The van der Waals surface area contributed by atoms with Crippen molar-refractivity contribution in [1.29, 1.82) is 0 Å². The second-order valence-electron chi connectivity index (χ2n) is 5.21. The van der Waals surface area contributed by atoms with Gasteiger partial charge in [0, 0.05) is 49.9 Å². The number of thiazole rings is 1. The molecule has 3 nitrogen and oxygen atoms in total. The van der Waals surface area contributed by atoms with Gasteiger partial charge in [-0.1, -0.05) is 12.1 Å². The summed E-state index contributed by atoms with van der Waals surface area (Å²) in [6, 6.07) is 8.99. The smallest absolute Gasteiger partial charge is 0.0937 e. The van der Waals surface area contributed by atoms with E-state index in [1.807, 2.05) is 11.6 Å². The lowest BCUT2D eigenvalue weighted by Gasteiger charge is -2.17. The number of rotatable bonds is 6. The highest BCUT2D eigenvalue weighted by atomic mass is 32.1. The number of hydrogen-bond acceptors (Lipinski definition) is 4. The molecule has 0 aliphatic carbocycles. The van der Waals surface area contributed by atoms with Gasteiger partial charge >= 0.3 is 0 Å². The van der Waals surface area contributed by atoms with Crippen LogP contribution in [0.1, 0.15) is 23.4 Å². The van der Waals surface area contributed by atoms with Gasteiger partial charge in [0.2, 0.25) is 0 Å². The molecule has 2 aromatic rings. The van der Waals surface area contributed by atoms with Crippen LogP contribution in [0.4, 0.5) is 5.69 Å². The summed E-state index contributed by atoms with van der Waals surface area (Å²) >= 11 is 1.73. The Hall–Kier alpha value is -1.39. The minimum atomic E-state index is 0.936. The van der Waals surface area contributed by atoms with Crippen molar-refractivity contribution >= 4 is 17.0 Å². The molecule has 0 saturated carbocycles. The number of nitrogens with one attached hydrogen (secondary N) is 1. The summed E-state index contributed by atoms with van der Waals surface area (Å²) in [5, 5.41) is 6.73. The minimum absolute atomic E-state index is 0.936. The summed E-state index contributed by atoms with van der Waals surface area (Å²) in [6.07, 6.45) is 5.56. The first-order valence-corrected chi connectivity index (χ1v) is 8.23. The molecule has 106 valence electrons. The van der Waals surface area contributed by atoms with Crippen LogP contribution in [0, 0.1) is 0 Å². The van der Waals surface area contributed by atoms with E-state index in [-0.39, 0.29) is 0 Å². The Morgan fingerprint density at radius 3 is 2.65 bits per heavy atom. The Kier molecular flexibility index (Phi) is 4.66. The van der Waals surface area contributed by atoms with Gasteiger partial charge in [-0.05, 0) is 30.5 Å². The Morgan fingerprint density at radius 1 is 1.15 bits per heavy atom. The van der Waals surface area contributed by atoms with Crippen LogP contribution in [-0.4, -0.2) is 24.6 Å². The average Bonchev–Trinajstić information content (AvgIpc) is 3.17. The Balaban J connectivity index is 1.43. The SMILES string of the molecule is c1csc(CCNCc2ccc(N3CCCC3)cc2)n1. The fourth-order valence-electron chi connectivity index (χ4n) is 2.60. The van der Waals surface area contributed by atoms with Crippen LogP contribution < -0.4 is 10.2 Å². The third-order valence-corrected chi connectivity index (χ3v) is 4.58. The van der Waals surface area contributed by atoms with E-state index in [1.165, 1.54) is 42.2 Å². The lowest BCUT2D eigenvalue weighted by Crippen LogP contribution is -2.18. The fourth-order valence-corrected chi connectivity index (χ4v) is 3.22. The quantitative estimate of drug-likeness (QED) is 0.828. The highest BCUT2D eigenvalue weighted by molar-refractivity contribution is 7.09. The van der Waals surface area contributed by atoms with Crippen molar-refractivity contribution in [1.82, 2.24) is 10.3 Å². The summed E-state index contributed by atoms with van der Waals surface area (Å²) < 4.78 is 0. The zero-order chi connectivity index (χ0) is 13.6. The molecule has 1 N–H and O–H groups in total. The fraction of sp³-hybridized carbons (Fsp3) is 0.438. The second kappa shape index (κ2) is 6.86. The van der Waals surface area contributed by atoms with E-state index < -0.39 is 0 Å². The van der Waals surface area contributed by atoms with Crippen molar-refractivity contribution in [3.8, 4) is 0 Å². The molecule has 0 bridgehead atoms. The zero-order valence-corrected chi connectivity index (χ0v) is 12.5. The van der Waals surface area contributed by atoms with Crippen molar-refractivity contribution in [2.45, 2.75) is 25.8 Å². The highest BCUT2D eigenvalue weighted by Gasteiger charge is 2.11. The molecule has 0 radical (unpaired) electrons. The van der Waals surface area contributed by atoms with Crippen LogP contribution in [0.5, 0.6) is 0 Å². The molecule has 2 heterocycles. The Bertz CT molecular complexity index is 501. The van der Waals surface area contributed by atoms with Crippen LogP contribution in [0.3, 0.4) is 0 Å². The zero-order valence-electron chi connectivity index (χ0n) is 11.7. The Morgan fingerprint density at radius 2 is 1.95 bits per heavy atom. The number of hydrogen-bond donors (Lipinski definition) is 1. The van der Waals surface area contributed by atoms with Gasteiger partial charge in [-0.2, -0.15) is 0 Å². The molecule has 1 aliphatic rings. The topological polar surface area (TPSA) is 28.2 Å². The van der Waals surface area contributed by atoms with Crippen LogP contribution in [0.25, 0.3) is 0 Å². The summed E-state index contributed by atoms with van der Waals surface area (Å²) in [5.41, 5.74) is 2.72. The van der Waals surface area contributed by atoms with Crippen LogP contribution >= 0.6 is 11.3 Å². The molecule has 0 atom stereocenters. The van der Waals surface area contributed by atoms with Gasteiger partial charge in [-0.15, -0.1) is 11.3 Å². The first kappa shape index (κ1) is 13.6. The monoisotopic (exact) mass is 287 g/mol. The molecule has 0 unspecified atom stereocenters. The van der Waals surface area contributed by atoms with Gasteiger partial charge in [-0.3, -0.25) is 0 Å². The third kappa shape index (κ3) is 3.58. The maximum Gasteiger partial charge on any atom is 0.0937 e. The lowest BCUT2D eigenvalue weighted by molar-refractivity contribution is 0.685. The highest BCUT2D eigenvalue weighted by Crippen LogP contribution is 2.20. The average molecular weight is 287 g/mol. The largest absolute Gasteiger partial charge is 0.372 e. The van der Waals surface area contributed by atoms with Crippen LogP contribution in [-0.2, 0) is 13.0 Å². The molecular weight excluding hydrogens is 266 g/mol. The number of aromatic nitrogens is 1. The molecular formula is C16H21N3S. The molecule has 1 fully saturated rings. The van der Waals surface area contributed by atoms with Gasteiger partial charge in [0.1, 0.15) is 0 Å². The number of anilines is 1. The summed E-state index contributed by atoms with van der Waals surface area (Å²) in [6.45, 7) is 4.35. The summed E-state index contributed by atoms with van der Waals surface area (Å²) in [5.74, 6) is 0. The van der Waals surface area contributed by atoms with Crippen molar-refractivity contribution in [3.63, 3.8) is 0 Å². The van der Waals surface area contributed by atoms with Gasteiger partial charge in [0.15, 0.2) is 0 Å². The van der Waals surface area contributed by atoms with Crippen molar-refractivity contribution in [2.75, 3.05) is 24.5 Å². The molecule has 1 aliphatic heterocycles. The van der Waals surface area contributed by atoms with Crippen LogP contribution in [0.2, 0.25) is 0 Å². The number of nitrogens with zero attached hydrogens (tertiary/aromatic N) is 2. The first-order chi connectivity index (χ1) is 9.92. The Labute approximate surface area is 124 Å². The molecule has 4 heteroatoms. The first-order valence-electron chi connectivity index (χ1n) is 7.35. The minimum Gasteiger partial charge on any atom is -0.372 e. The van der Waals surface area contributed by atoms with Crippen molar-refractivity contribution < 1.29 is 0 Å². The predicted molar refractivity (Wildman–Crippen MR) is 85.4 cm³/mol. The third-order valence-electron chi connectivity index (χ3n) is 3.74. The maximum absolute atomic E-state index is 4.29. The summed E-state index contributed by atoms with van der Waals surface area (Å²) in [7, 11) is 0. The van der Waals surface area contributed by atoms with Gasteiger partial charge < -0.3 is 10.2 Å². The van der Waals surface area contributed by atoms with E-state index in [0.717, 1.165) is 19.5 Å². The van der Waals surface area contributed by atoms with E-state index in [4.69, 9.17) is 0 Å². The van der Waals surface area contributed by atoms with Crippen LogP contribution in [0.15, 0.2) is 35.8 Å². The van der Waals surface area contributed by atoms with Gasteiger partial charge in [0.25, 0.3) is 0 Å². The standard InChI is InChI=1S/C16H21N3S/c1-2-11-19(10-1)15-5-3-14(4-6-15)13-17-8-7-16-18-9-12-20-16/h3-6,9,12,17H,1-2,7-8,10-11,13H2. The van der Waals surface area contributed by atoms with E-state index in [2.05, 4.69) is 39.5 Å².